The van der Waals surface area contributed by atoms with Gasteiger partial charge in [0.2, 0.25) is 0 Å². The van der Waals surface area contributed by atoms with Crippen LogP contribution in [0.2, 0.25) is 0 Å². The number of benzene rings is 2. The lowest BCUT2D eigenvalue weighted by atomic mass is 10.1. The van der Waals surface area contributed by atoms with Crippen LogP contribution in [0.4, 0.5) is 0 Å². The van der Waals surface area contributed by atoms with Crippen LogP contribution >= 0.6 is 10.2 Å². The second kappa shape index (κ2) is 6.77. The van der Waals surface area contributed by atoms with Gasteiger partial charge in [0.1, 0.15) is 0 Å². The summed E-state index contributed by atoms with van der Waals surface area (Å²) in [6.45, 7) is 2.30. The van der Waals surface area contributed by atoms with E-state index in [0.29, 0.717) is 5.25 Å². The summed E-state index contributed by atoms with van der Waals surface area (Å²) in [5.74, 6) is 0. The number of allylic oxidation sites excluding steroid dienone is 2. The molecular formula is C21H25NS. The molecule has 2 atom stereocenters. The van der Waals surface area contributed by atoms with Gasteiger partial charge in [-0.15, -0.1) is 10.2 Å². The van der Waals surface area contributed by atoms with Gasteiger partial charge in [0, 0.05) is 5.25 Å². The highest BCUT2D eigenvalue weighted by molar-refractivity contribution is 8.37. The Labute approximate surface area is 141 Å². The summed E-state index contributed by atoms with van der Waals surface area (Å²) in [5.41, 5.74) is 4.10. The van der Waals surface area contributed by atoms with Gasteiger partial charge in [-0.1, -0.05) is 67.6 Å². The first-order valence-electron chi connectivity index (χ1n) is 8.17. The van der Waals surface area contributed by atoms with Crippen molar-refractivity contribution < 1.29 is 0 Å². The Morgan fingerprint density at radius 2 is 1.52 bits per heavy atom. The number of hydrogen-bond acceptors (Lipinski definition) is 1. The summed E-state index contributed by atoms with van der Waals surface area (Å²) >= 11 is 0. The van der Waals surface area contributed by atoms with E-state index in [1.54, 1.807) is 0 Å². The van der Waals surface area contributed by atoms with Crippen LogP contribution in [0, 0.1) is 0 Å². The van der Waals surface area contributed by atoms with Crippen molar-refractivity contribution in [3.8, 4) is 0 Å². The number of nitrogens with zero attached hydrogens (tertiary/aromatic N) is 1. The Morgan fingerprint density at radius 1 is 0.913 bits per heavy atom. The summed E-state index contributed by atoms with van der Waals surface area (Å²) in [7, 11) is 3.31. The Kier molecular flexibility index (Phi) is 4.74. The first-order valence-corrected chi connectivity index (χ1v) is 9.95. The van der Waals surface area contributed by atoms with E-state index in [2.05, 4.69) is 103 Å². The molecule has 0 spiro atoms. The zero-order chi connectivity index (χ0) is 16.3. The molecule has 0 bridgehead atoms. The summed E-state index contributed by atoms with van der Waals surface area (Å²) in [4.78, 5) is 0. The van der Waals surface area contributed by atoms with Crippen LogP contribution in [0.3, 0.4) is 0 Å². The van der Waals surface area contributed by atoms with Crippen LogP contribution in [0.25, 0.3) is 5.57 Å². The van der Waals surface area contributed by atoms with E-state index in [-0.39, 0.29) is 0 Å². The molecule has 2 unspecified atom stereocenters. The molecule has 0 amide bonds. The lowest BCUT2D eigenvalue weighted by molar-refractivity contribution is 0.670. The molecule has 0 saturated carbocycles. The second-order valence-corrected chi connectivity index (χ2v) is 9.34. The fourth-order valence-corrected chi connectivity index (χ4v) is 6.81. The van der Waals surface area contributed by atoms with Crippen molar-refractivity contribution in [3.63, 3.8) is 0 Å². The summed E-state index contributed by atoms with van der Waals surface area (Å²) in [5, 5.41) is 5.50. The molecule has 0 aromatic heterocycles. The first kappa shape index (κ1) is 16.1. The summed E-state index contributed by atoms with van der Waals surface area (Å²) in [6.07, 6.45) is 3.46. The maximum atomic E-state index is 2.52. The predicted molar refractivity (Wildman–Crippen MR) is 104 cm³/mol. The van der Waals surface area contributed by atoms with Crippen LogP contribution in [0.15, 0.2) is 77.6 Å². The van der Waals surface area contributed by atoms with Crippen molar-refractivity contribution >= 4 is 15.8 Å². The highest BCUT2D eigenvalue weighted by Crippen LogP contribution is 2.68. The third-order valence-corrected chi connectivity index (χ3v) is 8.50. The SMILES string of the molecule is CCC(c1ccccc1)S1(N(C)C)C=CC(c2ccccc2)=C1. The Balaban J connectivity index is 2.05. The molecule has 0 N–H and O–H groups in total. The van der Waals surface area contributed by atoms with Gasteiger partial charge in [0.05, 0.1) is 0 Å². The van der Waals surface area contributed by atoms with Crippen molar-refractivity contribution in [1.29, 1.82) is 0 Å². The van der Waals surface area contributed by atoms with Crippen LogP contribution in [-0.4, -0.2) is 18.4 Å². The smallest absolute Gasteiger partial charge is 0.0325 e. The Morgan fingerprint density at radius 3 is 2.09 bits per heavy atom. The number of rotatable bonds is 5. The average molecular weight is 324 g/mol. The van der Waals surface area contributed by atoms with Gasteiger partial charge in [-0.05, 0) is 54.1 Å². The van der Waals surface area contributed by atoms with Gasteiger partial charge < -0.3 is 0 Å². The molecule has 3 rings (SSSR count). The van der Waals surface area contributed by atoms with E-state index in [9.17, 15) is 0 Å². The van der Waals surface area contributed by atoms with Gasteiger partial charge in [-0.2, -0.15) is 0 Å². The maximum Gasteiger partial charge on any atom is 0.0325 e. The van der Waals surface area contributed by atoms with Crippen LogP contribution < -0.4 is 0 Å². The zero-order valence-electron chi connectivity index (χ0n) is 14.1. The molecule has 0 saturated heterocycles. The topological polar surface area (TPSA) is 3.24 Å². The lowest BCUT2D eigenvalue weighted by Gasteiger charge is -2.45. The molecule has 2 aromatic carbocycles. The lowest BCUT2D eigenvalue weighted by Crippen LogP contribution is -2.21. The first-order chi connectivity index (χ1) is 11.2. The van der Waals surface area contributed by atoms with Gasteiger partial charge in [0.15, 0.2) is 0 Å². The fourth-order valence-electron chi connectivity index (χ4n) is 3.31. The summed E-state index contributed by atoms with van der Waals surface area (Å²) in [6, 6.07) is 21.7. The van der Waals surface area contributed by atoms with E-state index in [0.717, 1.165) is 6.42 Å². The Hall–Kier alpha value is -1.77. The highest BCUT2D eigenvalue weighted by atomic mass is 32.3. The van der Waals surface area contributed by atoms with Gasteiger partial charge in [-0.3, -0.25) is 4.31 Å². The molecule has 0 aliphatic carbocycles. The van der Waals surface area contributed by atoms with Crippen molar-refractivity contribution in [2.24, 2.45) is 0 Å². The van der Waals surface area contributed by atoms with Crippen LogP contribution in [0.1, 0.15) is 29.7 Å². The minimum absolute atomic E-state index is 0.524. The molecule has 2 heteroatoms. The quantitative estimate of drug-likeness (QED) is 0.653. The van der Waals surface area contributed by atoms with Crippen molar-refractivity contribution in [1.82, 2.24) is 4.31 Å². The third-order valence-electron chi connectivity index (χ3n) is 4.52. The molecule has 1 heterocycles. The normalized spacial score (nSPS) is 24.3. The van der Waals surface area contributed by atoms with Crippen LogP contribution in [-0.2, 0) is 0 Å². The van der Waals surface area contributed by atoms with Crippen molar-refractivity contribution in [3.05, 3.63) is 88.7 Å². The molecule has 1 aliphatic rings. The molecule has 0 radical (unpaired) electrons. The molecule has 23 heavy (non-hydrogen) atoms. The largest absolute Gasteiger partial charge is 0.266 e. The summed E-state index contributed by atoms with van der Waals surface area (Å²) < 4.78 is 2.43. The number of hydrogen-bond donors (Lipinski definition) is 0. The highest BCUT2D eigenvalue weighted by Gasteiger charge is 2.34. The average Bonchev–Trinajstić information content (AvgIpc) is 3.04. The third kappa shape index (κ3) is 3.01. The van der Waals surface area contributed by atoms with E-state index in [1.807, 2.05) is 0 Å². The van der Waals surface area contributed by atoms with Gasteiger partial charge in [0.25, 0.3) is 0 Å². The minimum atomic E-state index is -1.13. The molecule has 2 aromatic rings. The van der Waals surface area contributed by atoms with Crippen molar-refractivity contribution in [2.45, 2.75) is 18.6 Å². The standard InChI is InChI=1S/C21H25NS/c1-4-21(19-13-9-6-10-14-19)23(22(2)3)16-15-20(17-23)18-11-7-5-8-12-18/h5-17,21H,4H2,1-3H3. The Bertz CT molecular complexity index is 703. The second-order valence-electron chi connectivity index (χ2n) is 6.09. The maximum absolute atomic E-state index is 2.52. The monoisotopic (exact) mass is 323 g/mol. The van der Waals surface area contributed by atoms with E-state index in [1.165, 1.54) is 16.7 Å². The molecule has 1 nitrogen and oxygen atoms in total. The van der Waals surface area contributed by atoms with Gasteiger partial charge >= 0.3 is 0 Å². The molecule has 1 aliphatic heterocycles. The fraction of sp³-hybridized carbons (Fsp3) is 0.238. The predicted octanol–water partition coefficient (Wildman–Crippen LogP) is 5.99. The van der Waals surface area contributed by atoms with Crippen LogP contribution in [0.5, 0.6) is 0 Å². The van der Waals surface area contributed by atoms with E-state index < -0.39 is 10.2 Å². The van der Waals surface area contributed by atoms with Gasteiger partial charge in [-0.25, -0.2) is 0 Å². The van der Waals surface area contributed by atoms with E-state index in [4.69, 9.17) is 0 Å². The molecule has 0 fully saturated rings. The van der Waals surface area contributed by atoms with Crippen molar-refractivity contribution in [2.75, 3.05) is 14.1 Å². The van der Waals surface area contributed by atoms with E-state index >= 15 is 0 Å². The molecule has 120 valence electrons. The molecular weight excluding hydrogens is 298 g/mol. The minimum Gasteiger partial charge on any atom is -0.266 e. The zero-order valence-corrected chi connectivity index (χ0v) is 15.0.